The molecule has 0 saturated carbocycles. The van der Waals surface area contributed by atoms with Crippen LogP contribution in [0.2, 0.25) is 0 Å². The van der Waals surface area contributed by atoms with Gasteiger partial charge in [-0.15, -0.1) is 0 Å². The highest BCUT2D eigenvalue weighted by Crippen LogP contribution is 2.15. The van der Waals surface area contributed by atoms with Crippen LogP contribution < -0.4 is 5.32 Å². The fourth-order valence-corrected chi connectivity index (χ4v) is 1.24. The van der Waals surface area contributed by atoms with E-state index in [4.69, 9.17) is 9.47 Å². The Kier molecular flexibility index (Phi) is 6.76. The molecule has 0 aliphatic carbocycles. The van der Waals surface area contributed by atoms with Gasteiger partial charge in [-0.2, -0.15) is 0 Å². The molecule has 0 aromatic rings. The molecule has 0 aliphatic rings. The second kappa shape index (κ2) is 7.31. The standard InChI is InChI=1S/C15H28N2O3/c1-9-10-12(19-14(3,4)5)16-11(2)17-13(18)20-15(6,7)8/h10H,9H2,1-8H3,(H,16,17,18). The summed E-state index contributed by atoms with van der Waals surface area (Å²) in [7, 11) is 0. The molecule has 0 fully saturated rings. The fourth-order valence-electron chi connectivity index (χ4n) is 1.24. The summed E-state index contributed by atoms with van der Waals surface area (Å²) in [6.45, 7) is 15.0. The van der Waals surface area contributed by atoms with Crippen LogP contribution in [0.3, 0.4) is 0 Å². The van der Waals surface area contributed by atoms with Gasteiger partial charge in [0.15, 0.2) is 0 Å². The third-order valence-electron chi connectivity index (χ3n) is 1.75. The summed E-state index contributed by atoms with van der Waals surface area (Å²) in [4.78, 5) is 15.9. The van der Waals surface area contributed by atoms with Crippen LogP contribution in [0, 0.1) is 0 Å². The summed E-state index contributed by atoms with van der Waals surface area (Å²) >= 11 is 0. The smallest absolute Gasteiger partial charge is 0.413 e. The van der Waals surface area contributed by atoms with Crippen molar-refractivity contribution in [1.82, 2.24) is 5.32 Å². The lowest BCUT2D eigenvalue weighted by atomic mass is 10.2. The van der Waals surface area contributed by atoms with E-state index in [0.29, 0.717) is 11.7 Å². The Morgan fingerprint density at radius 2 is 1.60 bits per heavy atom. The van der Waals surface area contributed by atoms with Gasteiger partial charge in [-0.1, -0.05) is 6.92 Å². The molecule has 0 atom stereocenters. The monoisotopic (exact) mass is 284 g/mol. The first kappa shape index (κ1) is 18.5. The van der Waals surface area contributed by atoms with Crippen LogP contribution in [0.25, 0.3) is 0 Å². The highest BCUT2D eigenvalue weighted by atomic mass is 16.6. The van der Waals surface area contributed by atoms with Gasteiger partial charge in [-0.05, 0) is 61.0 Å². The number of allylic oxidation sites excluding steroid dienone is 1. The lowest BCUT2D eigenvalue weighted by Gasteiger charge is -2.22. The highest BCUT2D eigenvalue weighted by Gasteiger charge is 2.17. The first-order valence-electron chi connectivity index (χ1n) is 6.87. The number of carbonyl (C=O) groups excluding carboxylic acids is 1. The van der Waals surface area contributed by atoms with Crippen LogP contribution in [0.1, 0.15) is 61.8 Å². The zero-order valence-corrected chi connectivity index (χ0v) is 14.0. The van der Waals surface area contributed by atoms with Crippen molar-refractivity contribution in [2.24, 2.45) is 4.99 Å². The van der Waals surface area contributed by atoms with E-state index in [0.717, 1.165) is 6.42 Å². The van der Waals surface area contributed by atoms with Crippen LogP contribution >= 0.6 is 0 Å². The minimum atomic E-state index is -0.533. The lowest BCUT2D eigenvalue weighted by molar-refractivity contribution is 0.0503. The van der Waals surface area contributed by atoms with Crippen molar-refractivity contribution in [2.75, 3.05) is 0 Å². The first-order valence-corrected chi connectivity index (χ1v) is 6.87. The van der Waals surface area contributed by atoms with E-state index < -0.39 is 11.7 Å². The summed E-state index contributed by atoms with van der Waals surface area (Å²) in [6.07, 6.45) is 2.14. The number of amidine groups is 1. The van der Waals surface area contributed by atoms with Crippen molar-refractivity contribution in [3.63, 3.8) is 0 Å². The van der Waals surface area contributed by atoms with Crippen LogP contribution in [0.15, 0.2) is 17.0 Å². The van der Waals surface area contributed by atoms with Gasteiger partial charge < -0.3 is 9.47 Å². The van der Waals surface area contributed by atoms with E-state index in [1.807, 2.05) is 54.5 Å². The summed E-state index contributed by atoms with van der Waals surface area (Å²) in [5.74, 6) is 0.928. The van der Waals surface area contributed by atoms with Gasteiger partial charge in [0.05, 0.1) is 0 Å². The molecule has 1 amide bonds. The van der Waals surface area contributed by atoms with Crippen molar-refractivity contribution in [1.29, 1.82) is 0 Å². The van der Waals surface area contributed by atoms with Crippen LogP contribution in [-0.2, 0) is 9.47 Å². The topological polar surface area (TPSA) is 59.9 Å². The molecule has 0 aromatic heterocycles. The molecule has 116 valence electrons. The van der Waals surface area contributed by atoms with E-state index in [2.05, 4.69) is 10.3 Å². The van der Waals surface area contributed by atoms with Gasteiger partial charge in [0.25, 0.3) is 0 Å². The lowest BCUT2D eigenvalue weighted by Crippen LogP contribution is -2.35. The summed E-state index contributed by atoms with van der Waals surface area (Å²) in [6, 6.07) is 0. The fraction of sp³-hybridized carbons (Fsp3) is 0.733. The molecule has 5 nitrogen and oxygen atoms in total. The maximum absolute atomic E-state index is 11.6. The average Bonchev–Trinajstić information content (AvgIpc) is 2.10. The number of ether oxygens (including phenoxy) is 2. The molecule has 1 N–H and O–H groups in total. The zero-order valence-electron chi connectivity index (χ0n) is 14.0. The molecule has 0 unspecified atom stereocenters. The molecule has 0 heterocycles. The Bertz CT molecular complexity index is 385. The summed E-state index contributed by atoms with van der Waals surface area (Å²) in [5, 5.41) is 2.58. The van der Waals surface area contributed by atoms with Crippen LogP contribution in [-0.4, -0.2) is 23.1 Å². The van der Waals surface area contributed by atoms with Crippen molar-refractivity contribution < 1.29 is 14.3 Å². The van der Waals surface area contributed by atoms with Gasteiger partial charge in [0.2, 0.25) is 5.88 Å². The van der Waals surface area contributed by atoms with Gasteiger partial charge in [0.1, 0.15) is 17.0 Å². The Morgan fingerprint density at radius 1 is 1.10 bits per heavy atom. The molecular formula is C15H28N2O3. The number of nitrogens with zero attached hydrogens (tertiary/aromatic N) is 1. The number of alkyl carbamates (subject to hydrolysis) is 1. The molecule has 0 spiro atoms. The number of nitrogens with one attached hydrogen (secondary N) is 1. The van der Waals surface area contributed by atoms with E-state index >= 15 is 0 Å². The molecular weight excluding hydrogens is 256 g/mol. The van der Waals surface area contributed by atoms with Gasteiger partial charge in [-0.3, -0.25) is 5.32 Å². The normalized spacial score (nSPS) is 14.0. The van der Waals surface area contributed by atoms with Crippen molar-refractivity contribution in [2.45, 2.75) is 73.0 Å². The molecule has 0 saturated heterocycles. The molecule has 5 heteroatoms. The SMILES string of the molecule is CCC=C(/N=C(/C)NC(=O)OC(C)(C)C)OC(C)(C)C. The molecule has 0 bridgehead atoms. The third kappa shape index (κ3) is 10.4. The van der Waals surface area contributed by atoms with Crippen molar-refractivity contribution in [3.05, 3.63) is 12.0 Å². The summed E-state index contributed by atoms with van der Waals surface area (Å²) < 4.78 is 10.9. The van der Waals surface area contributed by atoms with E-state index in [1.54, 1.807) is 6.92 Å². The largest absolute Gasteiger partial charge is 0.472 e. The van der Waals surface area contributed by atoms with Crippen LogP contribution in [0.4, 0.5) is 4.79 Å². The Morgan fingerprint density at radius 3 is 2.00 bits per heavy atom. The van der Waals surface area contributed by atoms with E-state index in [-0.39, 0.29) is 5.60 Å². The number of carbonyl (C=O) groups is 1. The number of amides is 1. The highest BCUT2D eigenvalue weighted by molar-refractivity contribution is 5.94. The zero-order chi connectivity index (χ0) is 16.0. The van der Waals surface area contributed by atoms with E-state index in [1.165, 1.54) is 0 Å². The van der Waals surface area contributed by atoms with Crippen LogP contribution in [0.5, 0.6) is 0 Å². The average molecular weight is 284 g/mol. The Labute approximate surface area is 122 Å². The maximum Gasteiger partial charge on any atom is 0.413 e. The molecule has 0 radical (unpaired) electrons. The van der Waals surface area contributed by atoms with E-state index in [9.17, 15) is 4.79 Å². The predicted octanol–water partition coefficient (Wildman–Crippen LogP) is 4.00. The minimum absolute atomic E-state index is 0.337. The number of aliphatic imine (C=N–C) groups is 1. The molecule has 20 heavy (non-hydrogen) atoms. The molecule has 0 aromatic carbocycles. The van der Waals surface area contributed by atoms with Gasteiger partial charge >= 0.3 is 6.09 Å². The minimum Gasteiger partial charge on any atom is -0.472 e. The molecule has 0 aliphatic heterocycles. The first-order chi connectivity index (χ1) is 8.93. The second-order valence-corrected chi connectivity index (χ2v) is 6.49. The second-order valence-electron chi connectivity index (χ2n) is 6.49. The van der Waals surface area contributed by atoms with Gasteiger partial charge in [-0.25, -0.2) is 9.79 Å². The third-order valence-corrected chi connectivity index (χ3v) is 1.75. The van der Waals surface area contributed by atoms with Crippen molar-refractivity contribution in [3.8, 4) is 0 Å². The van der Waals surface area contributed by atoms with Gasteiger partial charge in [0, 0.05) is 0 Å². The quantitative estimate of drug-likeness (QED) is 0.484. The Balaban J connectivity index is 4.74. The summed E-state index contributed by atoms with van der Waals surface area (Å²) in [5.41, 5.74) is -0.870. The number of hydrogen-bond acceptors (Lipinski definition) is 4. The Hall–Kier alpha value is -1.52. The number of hydrogen-bond donors (Lipinski definition) is 1. The van der Waals surface area contributed by atoms with Crippen molar-refractivity contribution >= 4 is 11.9 Å². The number of rotatable bonds is 3. The predicted molar refractivity (Wildman–Crippen MR) is 81.7 cm³/mol. The molecule has 0 rings (SSSR count). The maximum atomic E-state index is 11.6.